The Kier molecular flexibility index (Phi) is 7.19. The summed E-state index contributed by atoms with van der Waals surface area (Å²) >= 11 is 0. The number of nitrogens with one attached hydrogen (secondary N) is 3. The van der Waals surface area contributed by atoms with E-state index in [1.165, 1.54) is 24.3 Å². The van der Waals surface area contributed by atoms with E-state index in [9.17, 15) is 25.0 Å². The molecule has 2 heterocycles. The number of nitrogens with zero attached hydrogens (tertiary/aromatic N) is 6. The summed E-state index contributed by atoms with van der Waals surface area (Å²) in [6.45, 7) is 1.09. The number of rotatable bonds is 11. The molecule has 14 heteroatoms. The van der Waals surface area contributed by atoms with Crippen LogP contribution in [0.4, 0.5) is 23.0 Å². The van der Waals surface area contributed by atoms with Gasteiger partial charge in [-0.15, -0.1) is 0 Å². The van der Waals surface area contributed by atoms with Crippen LogP contribution in [0.2, 0.25) is 0 Å². The van der Waals surface area contributed by atoms with Crippen molar-refractivity contribution in [3.8, 4) is 0 Å². The standard InChI is InChI=1S/C18H19N9O5/c28-15(10-13-2-4-14(5-3-13)26(29)30)23-24-18-16(27(31)32)17(21-11-22-18)20-6-1-8-25-9-7-19-12-25/h2-5,7,9,11-12H,1,6,8,10H2,(H,23,28)(H2,20,21,22,24). The van der Waals surface area contributed by atoms with Gasteiger partial charge in [0.05, 0.1) is 22.6 Å². The molecule has 0 atom stereocenters. The van der Waals surface area contributed by atoms with Crippen LogP contribution in [0.25, 0.3) is 0 Å². The van der Waals surface area contributed by atoms with Gasteiger partial charge in [0, 0.05) is 37.6 Å². The molecule has 32 heavy (non-hydrogen) atoms. The highest BCUT2D eigenvalue weighted by Crippen LogP contribution is 2.28. The number of anilines is 2. The third-order valence-electron chi connectivity index (χ3n) is 4.28. The second-order valence-electron chi connectivity index (χ2n) is 6.53. The van der Waals surface area contributed by atoms with Crippen molar-refractivity contribution >= 4 is 28.9 Å². The van der Waals surface area contributed by atoms with E-state index in [0.29, 0.717) is 25.1 Å². The highest BCUT2D eigenvalue weighted by Gasteiger charge is 2.23. The molecule has 0 saturated heterocycles. The Hall–Kier alpha value is -4.62. The predicted molar refractivity (Wildman–Crippen MR) is 113 cm³/mol. The number of amides is 1. The first-order valence-electron chi connectivity index (χ1n) is 9.41. The monoisotopic (exact) mass is 441 g/mol. The molecule has 3 N–H and O–H groups in total. The predicted octanol–water partition coefficient (Wildman–Crippen LogP) is 1.68. The van der Waals surface area contributed by atoms with Crippen LogP contribution < -0.4 is 16.2 Å². The molecule has 0 aliphatic rings. The Balaban J connectivity index is 1.57. The average molecular weight is 441 g/mol. The second-order valence-corrected chi connectivity index (χ2v) is 6.53. The first-order valence-corrected chi connectivity index (χ1v) is 9.41. The minimum Gasteiger partial charge on any atom is -0.364 e. The van der Waals surface area contributed by atoms with E-state index in [2.05, 4.69) is 31.1 Å². The van der Waals surface area contributed by atoms with Gasteiger partial charge in [-0.1, -0.05) is 12.1 Å². The summed E-state index contributed by atoms with van der Waals surface area (Å²) in [6, 6.07) is 5.49. The molecule has 0 aliphatic heterocycles. The molecule has 0 spiro atoms. The summed E-state index contributed by atoms with van der Waals surface area (Å²) in [7, 11) is 0. The molecule has 0 saturated carbocycles. The molecule has 0 bridgehead atoms. The van der Waals surface area contributed by atoms with Gasteiger partial charge in [0.15, 0.2) is 0 Å². The Morgan fingerprint density at radius 2 is 1.81 bits per heavy atom. The number of carbonyl (C=O) groups is 1. The van der Waals surface area contributed by atoms with Crippen LogP contribution in [0, 0.1) is 20.2 Å². The SMILES string of the molecule is O=C(Cc1ccc([N+](=O)[O-])cc1)NNc1ncnc(NCCCn2ccnc2)c1[N+](=O)[O-]. The highest BCUT2D eigenvalue weighted by atomic mass is 16.6. The van der Waals surface area contributed by atoms with Crippen LogP contribution in [0.5, 0.6) is 0 Å². The molecule has 1 aromatic carbocycles. The second kappa shape index (κ2) is 10.4. The quantitative estimate of drug-likeness (QED) is 0.225. The molecule has 14 nitrogen and oxygen atoms in total. The maximum Gasteiger partial charge on any atom is 0.354 e. The van der Waals surface area contributed by atoms with Crippen LogP contribution in [0.1, 0.15) is 12.0 Å². The normalized spacial score (nSPS) is 10.4. The molecule has 3 aromatic rings. The van der Waals surface area contributed by atoms with Crippen molar-refractivity contribution in [1.29, 1.82) is 0 Å². The molecule has 0 radical (unpaired) electrons. The van der Waals surface area contributed by atoms with Gasteiger partial charge < -0.3 is 9.88 Å². The largest absolute Gasteiger partial charge is 0.364 e. The third-order valence-corrected chi connectivity index (χ3v) is 4.28. The van der Waals surface area contributed by atoms with Crippen molar-refractivity contribution in [3.05, 3.63) is 75.1 Å². The lowest BCUT2D eigenvalue weighted by molar-refractivity contribution is -0.384. The fourth-order valence-electron chi connectivity index (χ4n) is 2.75. The minimum absolute atomic E-state index is 0.0164. The van der Waals surface area contributed by atoms with E-state index in [-0.39, 0.29) is 23.7 Å². The molecule has 166 valence electrons. The Morgan fingerprint density at radius 3 is 2.47 bits per heavy atom. The maximum atomic E-state index is 12.2. The molecule has 0 aliphatic carbocycles. The Morgan fingerprint density at radius 1 is 1.06 bits per heavy atom. The van der Waals surface area contributed by atoms with Crippen molar-refractivity contribution in [1.82, 2.24) is 24.9 Å². The molecular weight excluding hydrogens is 422 g/mol. The Bertz CT molecular complexity index is 1090. The van der Waals surface area contributed by atoms with E-state index in [1.54, 1.807) is 12.5 Å². The van der Waals surface area contributed by atoms with Crippen LogP contribution in [-0.2, 0) is 17.8 Å². The molecule has 3 rings (SSSR count). The van der Waals surface area contributed by atoms with Crippen LogP contribution in [0.3, 0.4) is 0 Å². The minimum atomic E-state index is -0.650. The van der Waals surface area contributed by atoms with Crippen molar-refractivity contribution < 1.29 is 14.6 Å². The first kappa shape index (κ1) is 22.1. The van der Waals surface area contributed by atoms with E-state index in [1.807, 2.05) is 10.8 Å². The summed E-state index contributed by atoms with van der Waals surface area (Å²) in [5, 5.41) is 25.1. The number of hydrazine groups is 1. The number of non-ortho nitro benzene ring substituents is 1. The van der Waals surface area contributed by atoms with E-state index in [4.69, 9.17) is 0 Å². The van der Waals surface area contributed by atoms with E-state index >= 15 is 0 Å². The van der Waals surface area contributed by atoms with Crippen LogP contribution in [0.15, 0.2) is 49.3 Å². The fourth-order valence-corrected chi connectivity index (χ4v) is 2.75. The topological polar surface area (TPSA) is 183 Å². The number of aromatic nitrogens is 4. The molecular formula is C18H19N9O5. The van der Waals surface area contributed by atoms with Gasteiger partial charge in [-0.3, -0.25) is 35.9 Å². The van der Waals surface area contributed by atoms with Gasteiger partial charge in [0.25, 0.3) is 5.69 Å². The lowest BCUT2D eigenvalue weighted by atomic mass is 10.1. The Labute approximate surface area is 181 Å². The first-order chi connectivity index (χ1) is 15.4. The highest BCUT2D eigenvalue weighted by molar-refractivity contribution is 5.81. The van der Waals surface area contributed by atoms with E-state index in [0.717, 1.165) is 6.33 Å². The zero-order valence-corrected chi connectivity index (χ0v) is 16.7. The summed E-state index contributed by atoms with van der Waals surface area (Å²) in [5.74, 6) is -0.677. The van der Waals surface area contributed by atoms with Crippen molar-refractivity contribution in [2.75, 3.05) is 17.3 Å². The van der Waals surface area contributed by atoms with Gasteiger partial charge in [-0.25, -0.2) is 15.0 Å². The van der Waals surface area contributed by atoms with Crippen molar-refractivity contribution in [3.63, 3.8) is 0 Å². The smallest absolute Gasteiger partial charge is 0.354 e. The number of imidazole rings is 1. The fraction of sp³-hybridized carbons (Fsp3) is 0.222. The number of hydrogen-bond acceptors (Lipinski definition) is 10. The zero-order valence-electron chi connectivity index (χ0n) is 16.7. The van der Waals surface area contributed by atoms with Gasteiger partial charge in [-0.05, 0) is 12.0 Å². The van der Waals surface area contributed by atoms with E-state index < -0.39 is 21.4 Å². The number of carbonyl (C=O) groups excluding carboxylic acids is 1. The van der Waals surface area contributed by atoms with Crippen LogP contribution in [-0.4, -0.2) is 41.8 Å². The molecule has 0 unspecified atom stereocenters. The molecule has 0 fully saturated rings. The summed E-state index contributed by atoms with van der Waals surface area (Å²) in [4.78, 5) is 44.9. The number of aryl methyl sites for hydroxylation is 1. The molecule has 2 aromatic heterocycles. The van der Waals surface area contributed by atoms with Gasteiger partial charge in [0.1, 0.15) is 6.33 Å². The van der Waals surface area contributed by atoms with Gasteiger partial charge in [-0.2, -0.15) is 0 Å². The van der Waals surface area contributed by atoms with Gasteiger partial charge >= 0.3 is 5.69 Å². The van der Waals surface area contributed by atoms with Crippen molar-refractivity contribution in [2.24, 2.45) is 0 Å². The zero-order chi connectivity index (χ0) is 22.9. The average Bonchev–Trinajstić information content (AvgIpc) is 3.29. The van der Waals surface area contributed by atoms with Gasteiger partial charge in [0.2, 0.25) is 17.5 Å². The van der Waals surface area contributed by atoms with Crippen LogP contribution >= 0.6 is 0 Å². The summed E-state index contributed by atoms with van der Waals surface area (Å²) < 4.78 is 1.88. The number of nitro benzene ring substituents is 1. The third kappa shape index (κ3) is 5.94. The summed E-state index contributed by atoms with van der Waals surface area (Å²) in [6.07, 6.45) is 6.87. The lowest BCUT2D eigenvalue weighted by Crippen LogP contribution is -2.31. The maximum absolute atomic E-state index is 12.2. The number of hydrogen-bond donors (Lipinski definition) is 3. The van der Waals surface area contributed by atoms with Crippen molar-refractivity contribution in [2.45, 2.75) is 19.4 Å². The number of nitro groups is 2. The summed E-state index contributed by atoms with van der Waals surface area (Å²) in [5.41, 5.74) is 4.82. The number of benzene rings is 1. The molecule has 1 amide bonds. The lowest BCUT2D eigenvalue weighted by Gasteiger charge is -2.11.